The quantitative estimate of drug-likeness (QED) is 0.527. The number of esters is 1. The standard InChI is InChI=1S/C7H7ClN2O2/c1-12-7(11)5-2-4(9)3-10-6(5)8/h2-3H,9H2,1H3. The minimum Gasteiger partial charge on any atom is -0.465 e. The fourth-order valence-electron chi connectivity index (χ4n) is 0.717. The lowest BCUT2D eigenvalue weighted by atomic mass is 10.3. The van der Waals surface area contributed by atoms with Crippen molar-refractivity contribution in [3.8, 4) is 0 Å². The van der Waals surface area contributed by atoms with Crippen molar-refractivity contribution in [3.63, 3.8) is 0 Å². The highest BCUT2D eigenvalue weighted by molar-refractivity contribution is 6.32. The third-order valence-corrected chi connectivity index (χ3v) is 1.57. The number of hydrogen-bond acceptors (Lipinski definition) is 4. The van der Waals surface area contributed by atoms with Crippen LogP contribution in [0.4, 0.5) is 5.69 Å². The van der Waals surface area contributed by atoms with Gasteiger partial charge in [0.15, 0.2) is 0 Å². The number of pyridine rings is 1. The molecule has 0 aliphatic rings. The van der Waals surface area contributed by atoms with Gasteiger partial charge in [-0.15, -0.1) is 0 Å². The monoisotopic (exact) mass is 186 g/mol. The first-order chi connectivity index (χ1) is 5.65. The maximum Gasteiger partial charge on any atom is 0.341 e. The Bertz CT molecular complexity index is 314. The van der Waals surface area contributed by atoms with Crippen LogP contribution in [0, 0.1) is 0 Å². The summed E-state index contributed by atoms with van der Waals surface area (Å²) in [6.07, 6.45) is 1.37. The van der Waals surface area contributed by atoms with Crippen molar-refractivity contribution in [2.75, 3.05) is 12.8 Å². The highest BCUT2D eigenvalue weighted by atomic mass is 35.5. The number of hydrogen-bond donors (Lipinski definition) is 1. The van der Waals surface area contributed by atoms with Crippen molar-refractivity contribution in [1.29, 1.82) is 0 Å². The van der Waals surface area contributed by atoms with Gasteiger partial charge in [0.05, 0.1) is 24.6 Å². The molecule has 1 heterocycles. The Morgan fingerprint density at radius 1 is 1.75 bits per heavy atom. The van der Waals surface area contributed by atoms with E-state index in [2.05, 4.69) is 9.72 Å². The molecule has 0 aliphatic heterocycles. The van der Waals surface area contributed by atoms with E-state index in [4.69, 9.17) is 17.3 Å². The van der Waals surface area contributed by atoms with Crippen LogP contribution in [0.2, 0.25) is 5.15 Å². The zero-order valence-corrected chi connectivity index (χ0v) is 7.13. The topological polar surface area (TPSA) is 65.2 Å². The Labute approximate surface area is 74.3 Å². The second-order valence-corrected chi connectivity index (χ2v) is 2.46. The zero-order valence-electron chi connectivity index (χ0n) is 6.37. The summed E-state index contributed by atoms with van der Waals surface area (Å²) in [7, 11) is 1.27. The van der Waals surface area contributed by atoms with E-state index in [0.717, 1.165) is 0 Å². The first kappa shape index (κ1) is 8.80. The Morgan fingerprint density at radius 2 is 2.42 bits per heavy atom. The summed E-state index contributed by atoms with van der Waals surface area (Å²) in [6.45, 7) is 0. The highest BCUT2D eigenvalue weighted by Gasteiger charge is 2.11. The first-order valence-corrected chi connectivity index (χ1v) is 3.52. The molecule has 0 spiro atoms. The van der Waals surface area contributed by atoms with Crippen LogP contribution >= 0.6 is 11.6 Å². The molecule has 0 radical (unpaired) electrons. The van der Waals surface area contributed by atoms with Crippen molar-refractivity contribution in [3.05, 3.63) is 23.0 Å². The largest absolute Gasteiger partial charge is 0.465 e. The highest BCUT2D eigenvalue weighted by Crippen LogP contribution is 2.15. The fraction of sp³-hybridized carbons (Fsp3) is 0.143. The minimum atomic E-state index is -0.542. The number of aromatic nitrogens is 1. The van der Waals surface area contributed by atoms with Gasteiger partial charge in [0.25, 0.3) is 0 Å². The molecule has 0 saturated heterocycles. The maximum absolute atomic E-state index is 11.0. The summed E-state index contributed by atoms with van der Waals surface area (Å²) in [5, 5.41) is 0.0936. The average Bonchev–Trinajstić information content (AvgIpc) is 2.08. The van der Waals surface area contributed by atoms with Crippen LogP contribution in [0.3, 0.4) is 0 Å². The molecular weight excluding hydrogens is 180 g/mol. The van der Waals surface area contributed by atoms with E-state index in [1.165, 1.54) is 19.4 Å². The number of nitrogens with zero attached hydrogens (tertiary/aromatic N) is 1. The number of methoxy groups -OCH3 is 1. The molecule has 2 N–H and O–H groups in total. The van der Waals surface area contributed by atoms with Crippen LogP contribution < -0.4 is 5.73 Å². The van der Waals surface area contributed by atoms with Crippen LogP contribution in [-0.2, 0) is 4.74 Å². The van der Waals surface area contributed by atoms with Gasteiger partial charge in [-0.2, -0.15) is 0 Å². The summed E-state index contributed by atoms with van der Waals surface area (Å²) < 4.78 is 4.45. The van der Waals surface area contributed by atoms with E-state index in [1.807, 2.05) is 0 Å². The molecule has 12 heavy (non-hydrogen) atoms. The number of carbonyl (C=O) groups excluding carboxylic acids is 1. The molecule has 1 aromatic heterocycles. The average molecular weight is 187 g/mol. The number of anilines is 1. The lowest BCUT2D eigenvalue weighted by Crippen LogP contribution is -2.04. The summed E-state index contributed by atoms with van der Waals surface area (Å²) in [5.41, 5.74) is 5.95. The first-order valence-electron chi connectivity index (χ1n) is 3.14. The van der Waals surface area contributed by atoms with Crippen LogP contribution in [0.5, 0.6) is 0 Å². The van der Waals surface area contributed by atoms with E-state index in [-0.39, 0.29) is 10.7 Å². The van der Waals surface area contributed by atoms with Gasteiger partial charge >= 0.3 is 5.97 Å². The van der Waals surface area contributed by atoms with Crippen molar-refractivity contribution in [2.24, 2.45) is 0 Å². The Hall–Kier alpha value is -1.29. The molecule has 0 fully saturated rings. The molecule has 0 amide bonds. The number of rotatable bonds is 1. The normalized spacial score (nSPS) is 9.50. The molecule has 5 heteroatoms. The number of ether oxygens (including phenoxy) is 1. The summed E-state index contributed by atoms with van der Waals surface area (Å²) >= 11 is 5.60. The summed E-state index contributed by atoms with van der Waals surface area (Å²) in [5.74, 6) is -0.542. The molecule has 0 aromatic carbocycles. The van der Waals surface area contributed by atoms with Gasteiger partial charge in [-0.25, -0.2) is 9.78 Å². The van der Waals surface area contributed by atoms with Crippen LogP contribution in [-0.4, -0.2) is 18.1 Å². The van der Waals surface area contributed by atoms with Crippen molar-refractivity contribution >= 4 is 23.3 Å². The molecule has 4 nitrogen and oxygen atoms in total. The predicted octanol–water partition coefficient (Wildman–Crippen LogP) is 1.10. The second kappa shape index (κ2) is 3.40. The number of carbonyl (C=O) groups is 1. The lowest BCUT2D eigenvalue weighted by Gasteiger charge is -2.01. The third kappa shape index (κ3) is 1.65. The maximum atomic E-state index is 11.0. The molecule has 0 bridgehead atoms. The van der Waals surface area contributed by atoms with Crippen molar-refractivity contribution in [1.82, 2.24) is 4.98 Å². The van der Waals surface area contributed by atoms with Gasteiger partial charge in [0.2, 0.25) is 0 Å². The SMILES string of the molecule is COC(=O)c1cc(N)cnc1Cl. The molecule has 0 atom stereocenters. The van der Waals surface area contributed by atoms with E-state index < -0.39 is 5.97 Å². The third-order valence-electron chi connectivity index (χ3n) is 1.27. The molecule has 0 unspecified atom stereocenters. The van der Waals surface area contributed by atoms with Gasteiger partial charge in [-0.1, -0.05) is 11.6 Å². The summed E-state index contributed by atoms with van der Waals surface area (Å²) in [6, 6.07) is 1.42. The van der Waals surface area contributed by atoms with Gasteiger partial charge < -0.3 is 10.5 Å². The van der Waals surface area contributed by atoms with Crippen molar-refractivity contribution in [2.45, 2.75) is 0 Å². The van der Waals surface area contributed by atoms with E-state index in [1.54, 1.807) is 0 Å². The van der Waals surface area contributed by atoms with Gasteiger partial charge in [-0.3, -0.25) is 0 Å². The lowest BCUT2D eigenvalue weighted by molar-refractivity contribution is 0.0600. The van der Waals surface area contributed by atoms with E-state index >= 15 is 0 Å². The summed E-state index contributed by atoms with van der Waals surface area (Å²) in [4.78, 5) is 14.7. The molecule has 1 aromatic rings. The van der Waals surface area contributed by atoms with Crippen LogP contribution in [0.15, 0.2) is 12.3 Å². The van der Waals surface area contributed by atoms with Crippen LogP contribution in [0.1, 0.15) is 10.4 Å². The van der Waals surface area contributed by atoms with Gasteiger partial charge in [0.1, 0.15) is 5.15 Å². The number of nitrogen functional groups attached to an aromatic ring is 1. The molecular formula is C7H7ClN2O2. The zero-order chi connectivity index (χ0) is 9.14. The fourth-order valence-corrected chi connectivity index (χ4v) is 0.898. The number of halogens is 1. The smallest absolute Gasteiger partial charge is 0.341 e. The Kier molecular flexibility index (Phi) is 2.50. The molecule has 0 saturated carbocycles. The molecule has 0 aliphatic carbocycles. The Balaban J connectivity index is 3.13. The van der Waals surface area contributed by atoms with Crippen LogP contribution in [0.25, 0.3) is 0 Å². The second-order valence-electron chi connectivity index (χ2n) is 2.10. The van der Waals surface area contributed by atoms with Gasteiger partial charge in [-0.05, 0) is 6.07 Å². The van der Waals surface area contributed by atoms with E-state index in [0.29, 0.717) is 5.69 Å². The van der Waals surface area contributed by atoms with Crippen molar-refractivity contribution < 1.29 is 9.53 Å². The molecule has 1 rings (SSSR count). The van der Waals surface area contributed by atoms with Gasteiger partial charge in [0, 0.05) is 0 Å². The number of nitrogens with two attached hydrogens (primary N) is 1. The predicted molar refractivity (Wildman–Crippen MR) is 45.0 cm³/mol. The molecule has 64 valence electrons. The minimum absolute atomic E-state index is 0.0936. The Morgan fingerprint density at radius 3 is 3.00 bits per heavy atom. The van der Waals surface area contributed by atoms with E-state index in [9.17, 15) is 4.79 Å².